The van der Waals surface area contributed by atoms with Crippen molar-refractivity contribution in [3.8, 4) is 0 Å². The number of hydrogen-bond acceptors (Lipinski definition) is 6. The van der Waals surface area contributed by atoms with Crippen LogP contribution in [0.2, 0.25) is 0 Å². The number of nitrogens with zero attached hydrogens (tertiary/aromatic N) is 3. The first kappa shape index (κ1) is 22.8. The third-order valence-corrected chi connectivity index (χ3v) is 8.64. The van der Waals surface area contributed by atoms with E-state index in [0.717, 1.165) is 17.1 Å². The Morgan fingerprint density at radius 2 is 2.03 bits per heavy atom. The molecule has 9 nitrogen and oxygen atoms in total. The van der Waals surface area contributed by atoms with E-state index in [4.69, 9.17) is 0 Å². The summed E-state index contributed by atoms with van der Waals surface area (Å²) in [4.78, 5) is 34.5. The number of aromatic amines is 1. The first-order chi connectivity index (χ1) is 15.4. The minimum atomic E-state index is -3.62. The van der Waals surface area contributed by atoms with E-state index >= 15 is 0 Å². The molecule has 1 atom stereocenters. The fraction of sp³-hybridized carbons (Fsp3) is 0.476. The Labute approximate surface area is 192 Å². The summed E-state index contributed by atoms with van der Waals surface area (Å²) < 4.78 is 27.2. The summed E-state index contributed by atoms with van der Waals surface area (Å²) in [5.41, 5.74) is 1.09. The third-order valence-electron chi connectivity index (χ3n) is 5.83. The molecule has 2 aromatic rings. The lowest BCUT2D eigenvalue weighted by molar-refractivity contribution is -0.121. The van der Waals surface area contributed by atoms with Gasteiger partial charge in [-0.05, 0) is 37.5 Å². The SMILES string of the molecule is Cc1cccnc1NC(=O)C1CCCN(C(=O)c2cc(S(=O)(=O)N3CCSCC3)c[nH]2)C1. The van der Waals surface area contributed by atoms with Gasteiger partial charge < -0.3 is 15.2 Å². The summed E-state index contributed by atoms with van der Waals surface area (Å²) in [6.07, 6.45) is 4.38. The molecule has 4 heterocycles. The molecule has 2 fully saturated rings. The third kappa shape index (κ3) is 4.84. The highest BCUT2D eigenvalue weighted by Crippen LogP contribution is 2.24. The summed E-state index contributed by atoms with van der Waals surface area (Å²) in [5, 5.41) is 2.86. The zero-order valence-electron chi connectivity index (χ0n) is 17.9. The maximum absolute atomic E-state index is 13.0. The lowest BCUT2D eigenvalue weighted by Gasteiger charge is -2.31. The molecule has 0 aromatic carbocycles. The maximum atomic E-state index is 13.0. The predicted octanol–water partition coefficient (Wildman–Crippen LogP) is 1.95. The summed E-state index contributed by atoms with van der Waals surface area (Å²) in [6.45, 7) is 3.62. The van der Waals surface area contributed by atoms with Crippen molar-refractivity contribution in [2.45, 2.75) is 24.7 Å². The van der Waals surface area contributed by atoms with Crippen LogP contribution >= 0.6 is 11.8 Å². The van der Waals surface area contributed by atoms with Crippen molar-refractivity contribution in [2.24, 2.45) is 5.92 Å². The Balaban J connectivity index is 1.42. The standard InChI is InChI=1S/C21H27N5O4S2/c1-15-4-2-6-22-19(15)24-20(27)16-5-3-7-25(14-16)21(28)18-12-17(13-23-18)32(29,30)26-8-10-31-11-9-26/h2,4,6,12-13,16,23H,3,5,7-11,14H2,1H3,(H,22,24,27). The molecule has 2 aliphatic rings. The number of carbonyl (C=O) groups is 2. The molecule has 4 rings (SSSR count). The molecule has 0 saturated carbocycles. The van der Waals surface area contributed by atoms with Gasteiger partial charge in [-0.3, -0.25) is 9.59 Å². The van der Waals surface area contributed by atoms with Gasteiger partial charge >= 0.3 is 0 Å². The Morgan fingerprint density at radius 1 is 1.25 bits per heavy atom. The Kier molecular flexibility index (Phi) is 6.87. The van der Waals surface area contributed by atoms with Crippen LogP contribution in [0.25, 0.3) is 0 Å². The zero-order valence-corrected chi connectivity index (χ0v) is 19.5. The van der Waals surface area contributed by atoms with Crippen molar-refractivity contribution in [1.29, 1.82) is 0 Å². The molecule has 2 aliphatic heterocycles. The van der Waals surface area contributed by atoms with E-state index < -0.39 is 10.0 Å². The number of thioether (sulfide) groups is 1. The van der Waals surface area contributed by atoms with Gasteiger partial charge in [-0.15, -0.1) is 0 Å². The van der Waals surface area contributed by atoms with Crippen LogP contribution in [0.3, 0.4) is 0 Å². The van der Waals surface area contributed by atoms with Gasteiger partial charge in [-0.25, -0.2) is 13.4 Å². The molecule has 2 aromatic heterocycles. The molecule has 0 bridgehead atoms. The van der Waals surface area contributed by atoms with Crippen LogP contribution in [-0.4, -0.2) is 77.1 Å². The van der Waals surface area contributed by atoms with Crippen LogP contribution in [0.1, 0.15) is 28.9 Å². The highest BCUT2D eigenvalue weighted by Gasteiger charge is 2.32. The lowest BCUT2D eigenvalue weighted by atomic mass is 9.96. The van der Waals surface area contributed by atoms with E-state index in [1.807, 2.05) is 13.0 Å². The van der Waals surface area contributed by atoms with Crippen molar-refractivity contribution in [1.82, 2.24) is 19.2 Å². The van der Waals surface area contributed by atoms with E-state index in [-0.39, 0.29) is 34.9 Å². The second kappa shape index (κ2) is 9.63. The summed E-state index contributed by atoms with van der Waals surface area (Å²) >= 11 is 1.73. The van der Waals surface area contributed by atoms with Crippen molar-refractivity contribution in [3.05, 3.63) is 41.9 Å². The molecule has 0 aliphatic carbocycles. The molecule has 172 valence electrons. The lowest BCUT2D eigenvalue weighted by Crippen LogP contribution is -2.44. The summed E-state index contributed by atoms with van der Waals surface area (Å²) in [5.74, 6) is 1.25. The van der Waals surface area contributed by atoms with Crippen LogP contribution in [-0.2, 0) is 14.8 Å². The van der Waals surface area contributed by atoms with E-state index in [1.165, 1.54) is 16.6 Å². The summed E-state index contributed by atoms with van der Waals surface area (Å²) in [7, 11) is -3.62. The van der Waals surface area contributed by atoms with Crippen molar-refractivity contribution in [3.63, 3.8) is 0 Å². The van der Waals surface area contributed by atoms with Gasteiger partial charge in [-0.2, -0.15) is 16.1 Å². The number of piperidine rings is 1. The Bertz CT molecular complexity index is 1100. The molecule has 2 N–H and O–H groups in total. The number of sulfonamides is 1. The van der Waals surface area contributed by atoms with Gasteiger partial charge in [0, 0.05) is 50.1 Å². The first-order valence-corrected chi connectivity index (χ1v) is 13.2. The molecule has 0 spiro atoms. The van der Waals surface area contributed by atoms with Gasteiger partial charge in [0.05, 0.1) is 5.92 Å². The predicted molar refractivity (Wildman–Crippen MR) is 123 cm³/mol. The molecular formula is C21H27N5O4S2. The van der Waals surface area contributed by atoms with Crippen LogP contribution in [0, 0.1) is 12.8 Å². The van der Waals surface area contributed by atoms with Crippen LogP contribution in [0.15, 0.2) is 35.5 Å². The molecule has 32 heavy (non-hydrogen) atoms. The number of rotatable bonds is 5. The monoisotopic (exact) mass is 477 g/mol. The normalized spacial score (nSPS) is 20.2. The average Bonchev–Trinajstić information content (AvgIpc) is 3.32. The fourth-order valence-electron chi connectivity index (χ4n) is 3.96. The molecule has 11 heteroatoms. The van der Waals surface area contributed by atoms with Gasteiger partial charge in [0.15, 0.2) is 0 Å². The fourth-order valence-corrected chi connectivity index (χ4v) is 6.53. The first-order valence-electron chi connectivity index (χ1n) is 10.6. The molecule has 2 amide bonds. The molecular weight excluding hydrogens is 450 g/mol. The van der Waals surface area contributed by atoms with Crippen LogP contribution < -0.4 is 5.32 Å². The van der Waals surface area contributed by atoms with Gasteiger partial charge in [0.25, 0.3) is 5.91 Å². The number of aromatic nitrogens is 2. The van der Waals surface area contributed by atoms with Crippen LogP contribution in [0.4, 0.5) is 5.82 Å². The number of amides is 2. The van der Waals surface area contributed by atoms with Crippen molar-refractivity contribution < 1.29 is 18.0 Å². The number of aryl methyl sites for hydroxylation is 1. The molecule has 1 unspecified atom stereocenters. The van der Waals surface area contributed by atoms with Crippen molar-refractivity contribution >= 4 is 39.4 Å². The van der Waals surface area contributed by atoms with E-state index in [1.54, 1.807) is 28.9 Å². The Hall–Kier alpha value is -2.37. The van der Waals surface area contributed by atoms with E-state index in [0.29, 0.717) is 38.3 Å². The number of hydrogen-bond donors (Lipinski definition) is 2. The summed E-state index contributed by atoms with van der Waals surface area (Å²) in [6, 6.07) is 5.08. The number of anilines is 1. The Morgan fingerprint density at radius 3 is 2.78 bits per heavy atom. The minimum Gasteiger partial charge on any atom is -0.356 e. The number of H-pyrrole nitrogens is 1. The van der Waals surface area contributed by atoms with E-state index in [9.17, 15) is 18.0 Å². The number of carbonyl (C=O) groups excluding carboxylic acids is 2. The second-order valence-electron chi connectivity index (χ2n) is 8.01. The van der Waals surface area contributed by atoms with Gasteiger partial charge in [0.2, 0.25) is 15.9 Å². The number of pyridine rings is 1. The second-order valence-corrected chi connectivity index (χ2v) is 11.2. The molecule has 2 saturated heterocycles. The largest absolute Gasteiger partial charge is 0.356 e. The highest BCUT2D eigenvalue weighted by atomic mass is 32.2. The minimum absolute atomic E-state index is 0.102. The quantitative estimate of drug-likeness (QED) is 0.680. The topological polar surface area (TPSA) is 115 Å². The van der Waals surface area contributed by atoms with Crippen molar-refractivity contribution in [2.75, 3.05) is 43.0 Å². The maximum Gasteiger partial charge on any atom is 0.270 e. The van der Waals surface area contributed by atoms with Gasteiger partial charge in [-0.1, -0.05) is 6.07 Å². The van der Waals surface area contributed by atoms with Gasteiger partial charge in [0.1, 0.15) is 16.4 Å². The molecule has 0 radical (unpaired) electrons. The zero-order chi connectivity index (χ0) is 22.7. The number of likely N-dealkylation sites (tertiary alicyclic amines) is 1. The van der Waals surface area contributed by atoms with E-state index in [2.05, 4.69) is 15.3 Å². The van der Waals surface area contributed by atoms with Crippen LogP contribution in [0.5, 0.6) is 0 Å². The average molecular weight is 478 g/mol. The smallest absolute Gasteiger partial charge is 0.270 e. The highest BCUT2D eigenvalue weighted by molar-refractivity contribution is 7.99. The number of nitrogens with one attached hydrogen (secondary N) is 2.